The van der Waals surface area contributed by atoms with Crippen molar-refractivity contribution in [2.45, 2.75) is 0 Å². The van der Waals surface area contributed by atoms with Gasteiger partial charge in [-0.15, -0.1) is 0 Å². The molecule has 0 amide bonds. The fourth-order valence-corrected chi connectivity index (χ4v) is 4.57. The van der Waals surface area contributed by atoms with Crippen LogP contribution in [0.3, 0.4) is 0 Å². The standard InChI is InChI=1S/C27H19N3O3S/c31-30(32)23-16-18-24(19-17-23)33-26-25(20-10-4-1-5-11-20)29(22-14-8-3-9-15-22)27(34-26)28-21-12-6-2-7-13-21/h1-19H. The van der Waals surface area contributed by atoms with Gasteiger partial charge in [0.25, 0.3) is 5.69 Å². The summed E-state index contributed by atoms with van der Waals surface area (Å²) in [6.45, 7) is 0. The van der Waals surface area contributed by atoms with Crippen LogP contribution >= 0.6 is 11.3 Å². The molecule has 0 N–H and O–H groups in total. The van der Waals surface area contributed by atoms with Crippen LogP contribution in [-0.4, -0.2) is 9.49 Å². The molecule has 0 spiro atoms. The lowest BCUT2D eigenvalue weighted by molar-refractivity contribution is -0.384. The van der Waals surface area contributed by atoms with Crippen molar-refractivity contribution in [3.05, 3.63) is 130 Å². The van der Waals surface area contributed by atoms with Gasteiger partial charge in [-0.25, -0.2) is 4.99 Å². The zero-order chi connectivity index (χ0) is 23.3. The van der Waals surface area contributed by atoms with E-state index in [1.807, 2.05) is 91.0 Å². The number of benzene rings is 4. The number of aromatic nitrogens is 1. The highest BCUT2D eigenvalue weighted by molar-refractivity contribution is 7.11. The summed E-state index contributed by atoms with van der Waals surface area (Å²) in [6.07, 6.45) is 0. The number of thiazole rings is 1. The van der Waals surface area contributed by atoms with E-state index < -0.39 is 4.92 Å². The molecule has 1 heterocycles. The van der Waals surface area contributed by atoms with Crippen molar-refractivity contribution in [3.8, 4) is 27.8 Å². The lowest BCUT2D eigenvalue weighted by atomic mass is 10.1. The van der Waals surface area contributed by atoms with E-state index in [-0.39, 0.29) is 5.69 Å². The molecule has 0 bridgehead atoms. The van der Waals surface area contributed by atoms with Crippen LogP contribution in [-0.2, 0) is 0 Å². The molecule has 34 heavy (non-hydrogen) atoms. The summed E-state index contributed by atoms with van der Waals surface area (Å²) in [5.74, 6) is 0.510. The number of non-ortho nitro benzene ring substituents is 1. The first-order chi connectivity index (χ1) is 16.7. The Balaban J connectivity index is 1.74. The number of nitrogens with zero attached hydrogens (tertiary/aromatic N) is 3. The lowest BCUT2D eigenvalue weighted by Crippen LogP contribution is -2.13. The summed E-state index contributed by atoms with van der Waals surface area (Å²) < 4.78 is 8.37. The molecule has 0 radical (unpaired) electrons. The molecular weight excluding hydrogens is 446 g/mol. The predicted molar refractivity (Wildman–Crippen MR) is 134 cm³/mol. The highest BCUT2D eigenvalue weighted by atomic mass is 32.1. The van der Waals surface area contributed by atoms with E-state index >= 15 is 0 Å². The van der Waals surface area contributed by atoms with E-state index in [0.717, 1.165) is 27.4 Å². The van der Waals surface area contributed by atoms with Crippen molar-refractivity contribution >= 4 is 22.7 Å². The molecule has 7 heteroatoms. The van der Waals surface area contributed by atoms with E-state index in [4.69, 9.17) is 9.73 Å². The van der Waals surface area contributed by atoms with Crippen molar-refractivity contribution in [2.24, 2.45) is 4.99 Å². The minimum atomic E-state index is -0.426. The van der Waals surface area contributed by atoms with Crippen LogP contribution in [0.2, 0.25) is 0 Å². The Morgan fingerprint density at radius 3 is 1.97 bits per heavy atom. The Labute approximate surface area is 199 Å². The maximum Gasteiger partial charge on any atom is 0.269 e. The molecule has 0 atom stereocenters. The minimum Gasteiger partial charge on any atom is -0.444 e. The van der Waals surface area contributed by atoms with Gasteiger partial charge in [0, 0.05) is 23.4 Å². The average Bonchev–Trinajstić information content (AvgIpc) is 3.23. The van der Waals surface area contributed by atoms with Gasteiger partial charge >= 0.3 is 0 Å². The number of rotatable bonds is 6. The maximum absolute atomic E-state index is 11.0. The van der Waals surface area contributed by atoms with Gasteiger partial charge in [0.2, 0.25) is 5.06 Å². The van der Waals surface area contributed by atoms with Gasteiger partial charge in [0.05, 0.1) is 10.6 Å². The monoisotopic (exact) mass is 465 g/mol. The van der Waals surface area contributed by atoms with Gasteiger partial charge in [-0.1, -0.05) is 78.1 Å². The molecule has 0 saturated heterocycles. The highest BCUT2D eigenvalue weighted by Gasteiger charge is 2.19. The second kappa shape index (κ2) is 9.56. The molecule has 0 aliphatic carbocycles. The predicted octanol–water partition coefficient (Wildman–Crippen LogP) is 7.14. The first-order valence-corrected chi connectivity index (χ1v) is 11.4. The van der Waals surface area contributed by atoms with E-state index in [1.54, 1.807) is 12.1 Å². The van der Waals surface area contributed by atoms with Crippen LogP contribution in [0.1, 0.15) is 0 Å². The average molecular weight is 466 g/mol. The Bertz CT molecular complexity index is 1480. The van der Waals surface area contributed by atoms with E-state index in [0.29, 0.717) is 10.8 Å². The minimum absolute atomic E-state index is 0.0147. The van der Waals surface area contributed by atoms with Crippen molar-refractivity contribution in [1.29, 1.82) is 0 Å². The normalized spacial score (nSPS) is 11.4. The largest absolute Gasteiger partial charge is 0.444 e. The summed E-state index contributed by atoms with van der Waals surface area (Å²) in [4.78, 5) is 16.3. The third kappa shape index (κ3) is 4.51. The number of nitro groups is 1. The smallest absolute Gasteiger partial charge is 0.269 e. The first kappa shape index (κ1) is 21.4. The molecule has 1 aromatic heterocycles. The second-order valence-corrected chi connectivity index (χ2v) is 8.30. The van der Waals surface area contributed by atoms with E-state index in [9.17, 15) is 10.1 Å². The van der Waals surface area contributed by atoms with E-state index in [1.165, 1.54) is 23.5 Å². The van der Waals surface area contributed by atoms with Crippen LogP contribution < -0.4 is 9.54 Å². The fraction of sp³-hybridized carbons (Fsp3) is 0. The van der Waals surface area contributed by atoms with Gasteiger partial charge in [-0.3, -0.25) is 14.7 Å². The number of nitro benzene ring substituents is 1. The van der Waals surface area contributed by atoms with Gasteiger partial charge in [-0.05, 0) is 36.4 Å². The number of para-hydroxylation sites is 2. The molecule has 0 aliphatic heterocycles. The summed E-state index contributed by atoms with van der Waals surface area (Å²) in [7, 11) is 0. The van der Waals surface area contributed by atoms with Crippen molar-refractivity contribution in [2.75, 3.05) is 0 Å². The van der Waals surface area contributed by atoms with Crippen LogP contribution in [0, 0.1) is 10.1 Å². The lowest BCUT2D eigenvalue weighted by Gasteiger charge is -2.11. The molecule has 4 aromatic carbocycles. The van der Waals surface area contributed by atoms with Crippen LogP contribution in [0.15, 0.2) is 120 Å². The van der Waals surface area contributed by atoms with Gasteiger partial charge in [0.15, 0.2) is 4.80 Å². The molecule has 0 aliphatic rings. The number of hydrogen-bond acceptors (Lipinski definition) is 5. The van der Waals surface area contributed by atoms with Gasteiger partial charge in [-0.2, -0.15) is 0 Å². The topological polar surface area (TPSA) is 69.7 Å². The molecule has 0 fully saturated rings. The van der Waals surface area contributed by atoms with Gasteiger partial charge < -0.3 is 4.74 Å². The maximum atomic E-state index is 11.0. The number of hydrogen-bond donors (Lipinski definition) is 0. The van der Waals surface area contributed by atoms with Crippen molar-refractivity contribution < 1.29 is 9.66 Å². The Morgan fingerprint density at radius 2 is 1.35 bits per heavy atom. The number of ether oxygens (including phenoxy) is 1. The summed E-state index contributed by atoms with van der Waals surface area (Å²) in [5, 5.41) is 11.7. The quantitative estimate of drug-likeness (QED) is 0.198. The first-order valence-electron chi connectivity index (χ1n) is 10.6. The zero-order valence-electron chi connectivity index (χ0n) is 17.9. The van der Waals surface area contributed by atoms with Crippen LogP contribution in [0.25, 0.3) is 16.9 Å². The SMILES string of the molecule is O=[N+]([O-])c1ccc(Oc2sc(=Nc3ccccc3)n(-c3ccccc3)c2-c2ccccc2)cc1. The van der Waals surface area contributed by atoms with Crippen molar-refractivity contribution in [3.63, 3.8) is 0 Å². The molecule has 5 aromatic rings. The van der Waals surface area contributed by atoms with Crippen LogP contribution in [0.5, 0.6) is 10.8 Å². The molecule has 166 valence electrons. The van der Waals surface area contributed by atoms with E-state index in [2.05, 4.69) is 4.57 Å². The van der Waals surface area contributed by atoms with Gasteiger partial charge in [0.1, 0.15) is 11.4 Å². The third-order valence-electron chi connectivity index (χ3n) is 5.09. The fourth-order valence-electron chi connectivity index (χ4n) is 3.52. The zero-order valence-corrected chi connectivity index (χ0v) is 18.8. The molecule has 0 unspecified atom stereocenters. The molecule has 6 nitrogen and oxygen atoms in total. The molecule has 5 rings (SSSR count). The molecular formula is C27H19N3O3S. The molecule has 0 saturated carbocycles. The van der Waals surface area contributed by atoms with Crippen LogP contribution in [0.4, 0.5) is 11.4 Å². The highest BCUT2D eigenvalue weighted by Crippen LogP contribution is 2.38. The summed E-state index contributed by atoms with van der Waals surface area (Å²) in [5.41, 5.74) is 3.61. The van der Waals surface area contributed by atoms with Crippen molar-refractivity contribution in [1.82, 2.24) is 4.57 Å². The second-order valence-electron chi connectivity index (χ2n) is 7.36. The Kier molecular flexibility index (Phi) is 6.01. The Morgan fingerprint density at radius 1 is 0.765 bits per heavy atom. The summed E-state index contributed by atoms with van der Waals surface area (Å²) >= 11 is 1.42. The summed E-state index contributed by atoms with van der Waals surface area (Å²) in [6, 6.07) is 35.8. The third-order valence-corrected chi connectivity index (χ3v) is 6.01. The Hall–Kier alpha value is -4.49.